The Morgan fingerprint density at radius 3 is 2.47 bits per heavy atom. The van der Waals surface area contributed by atoms with E-state index in [9.17, 15) is 4.79 Å². The van der Waals surface area contributed by atoms with Crippen LogP contribution < -0.4 is 4.74 Å². The third kappa shape index (κ3) is 2.42. The van der Waals surface area contributed by atoms with Crippen molar-refractivity contribution in [2.45, 2.75) is 40.0 Å². The minimum atomic E-state index is 0.199. The largest absolute Gasteiger partial charge is 0.496 e. The van der Waals surface area contributed by atoms with Gasteiger partial charge >= 0.3 is 0 Å². The van der Waals surface area contributed by atoms with Crippen LogP contribution in [0.2, 0.25) is 5.02 Å². The van der Waals surface area contributed by atoms with Crippen molar-refractivity contribution in [1.82, 2.24) is 0 Å². The number of hydrogen-bond acceptors (Lipinski definition) is 2. The van der Waals surface area contributed by atoms with Crippen molar-refractivity contribution in [2.75, 3.05) is 7.11 Å². The SMILES string of the molecule is COc1cc(C)c(Cl)c(C)c1C1=C(C)CCCC1=O. The van der Waals surface area contributed by atoms with Crippen molar-refractivity contribution >= 4 is 23.0 Å². The molecule has 0 fully saturated rings. The number of methoxy groups -OCH3 is 1. The topological polar surface area (TPSA) is 26.3 Å². The van der Waals surface area contributed by atoms with E-state index in [0.29, 0.717) is 6.42 Å². The van der Waals surface area contributed by atoms with Gasteiger partial charge in [0.05, 0.1) is 7.11 Å². The van der Waals surface area contributed by atoms with E-state index in [1.54, 1.807) is 7.11 Å². The molecule has 0 heterocycles. The van der Waals surface area contributed by atoms with Crippen LogP contribution in [0, 0.1) is 13.8 Å². The van der Waals surface area contributed by atoms with Crippen LogP contribution in [0.5, 0.6) is 5.75 Å². The van der Waals surface area contributed by atoms with Crippen LogP contribution in [-0.2, 0) is 4.79 Å². The number of allylic oxidation sites excluding steroid dienone is 2. The van der Waals surface area contributed by atoms with Gasteiger partial charge in [-0.2, -0.15) is 0 Å². The molecule has 0 aromatic heterocycles. The summed E-state index contributed by atoms with van der Waals surface area (Å²) < 4.78 is 5.47. The van der Waals surface area contributed by atoms with E-state index in [-0.39, 0.29) is 5.78 Å². The number of benzene rings is 1. The van der Waals surface area contributed by atoms with E-state index in [2.05, 4.69) is 0 Å². The van der Waals surface area contributed by atoms with Crippen LogP contribution in [0.4, 0.5) is 0 Å². The van der Waals surface area contributed by atoms with Crippen molar-refractivity contribution in [3.63, 3.8) is 0 Å². The molecule has 0 saturated heterocycles. The van der Waals surface area contributed by atoms with Crippen molar-refractivity contribution in [3.05, 3.63) is 33.4 Å². The van der Waals surface area contributed by atoms with Gasteiger partial charge in [0.25, 0.3) is 0 Å². The number of carbonyl (C=O) groups excluding carboxylic acids is 1. The van der Waals surface area contributed by atoms with E-state index >= 15 is 0 Å². The van der Waals surface area contributed by atoms with Gasteiger partial charge < -0.3 is 4.74 Å². The van der Waals surface area contributed by atoms with Crippen molar-refractivity contribution in [2.24, 2.45) is 0 Å². The first-order valence-electron chi connectivity index (χ1n) is 6.54. The third-order valence-corrected chi connectivity index (χ3v) is 4.36. The van der Waals surface area contributed by atoms with Gasteiger partial charge in [0.15, 0.2) is 5.78 Å². The highest BCUT2D eigenvalue weighted by molar-refractivity contribution is 6.33. The lowest BCUT2D eigenvalue weighted by atomic mass is 9.84. The summed E-state index contributed by atoms with van der Waals surface area (Å²) >= 11 is 6.34. The molecule has 1 aromatic rings. The zero-order valence-corrected chi connectivity index (χ0v) is 12.6. The summed E-state index contributed by atoms with van der Waals surface area (Å²) in [4.78, 5) is 12.3. The maximum absolute atomic E-state index is 12.3. The van der Waals surface area contributed by atoms with Gasteiger partial charge in [0.1, 0.15) is 5.75 Å². The Morgan fingerprint density at radius 2 is 1.89 bits per heavy atom. The average molecular weight is 279 g/mol. The van der Waals surface area contributed by atoms with Crippen molar-refractivity contribution in [3.8, 4) is 5.75 Å². The molecule has 3 heteroatoms. The zero-order valence-electron chi connectivity index (χ0n) is 11.9. The van der Waals surface area contributed by atoms with E-state index in [1.165, 1.54) is 0 Å². The van der Waals surface area contributed by atoms with Crippen LogP contribution in [0.25, 0.3) is 5.57 Å². The first kappa shape index (κ1) is 14.1. The van der Waals surface area contributed by atoms with Crippen molar-refractivity contribution in [1.29, 1.82) is 0 Å². The number of Topliss-reactive ketones (excluding diaryl/α,β-unsaturated/α-hetero) is 1. The van der Waals surface area contributed by atoms with E-state index in [0.717, 1.165) is 51.5 Å². The molecule has 1 aliphatic carbocycles. The van der Waals surface area contributed by atoms with Crippen molar-refractivity contribution < 1.29 is 9.53 Å². The van der Waals surface area contributed by atoms with Crippen LogP contribution in [0.1, 0.15) is 42.9 Å². The number of ether oxygens (including phenoxy) is 1. The molecular formula is C16H19ClO2. The fourth-order valence-electron chi connectivity index (χ4n) is 2.75. The van der Waals surface area contributed by atoms with Crippen LogP contribution in [-0.4, -0.2) is 12.9 Å². The highest BCUT2D eigenvalue weighted by Gasteiger charge is 2.25. The Morgan fingerprint density at radius 1 is 1.21 bits per heavy atom. The highest BCUT2D eigenvalue weighted by Crippen LogP contribution is 2.40. The second-order valence-electron chi connectivity index (χ2n) is 5.14. The van der Waals surface area contributed by atoms with Gasteiger partial charge in [-0.05, 0) is 50.8 Å². The molecule has 19 heavy (non-hydrogen) atoms. The summed E-state index contributed by atoms with van der Waals surface area (Å²) in [6.45, 7) is 5.93. The number of halogens is 1. The standard InChI is InChI=1S/C16H19ClO2/c1-9-6-5-7-12(18)14(9)15-11(3)16(17)10(2)8-13(15)19-4/h8H,5-7H2,1-4H3. The van der Waals surface area contributed by atoms with Crippen LogP contribution in [0.3, 0.4) is 0 Å². The summed E-state index contributed by atoms with van der Waals surface area (Å²) in [6, 6.07) is 1.91. The van der Waals surface area contributed by atoms with E-state index in [4.69, 9.17) is 16.3 Å². The van der Waals surface area contributed by atoms with E-state index < -0.39 is 0 Å². The van der Waals surface area contributed by atoms with Crippen LogP contribution >= 0.6 is 11.6 Å². The van der Waals surface area contributed by atoms with E-state index in [1.807, 2.05) is 26.8 Å². The summed E-state index contributed by atoms with van der Waals surface area (Å²) in [5.74, 6) is 0.939. The molecule has 1 aliphatic rings. The number of aryl methyl sites for hydroxylation is 1. The quantitative estimate of drug-likeness (QED) is 0.797. The lowest BCUT2D eigenvalue weighted by Gasteiger charge is -2.22. The number of rotatable bonds is 2. The Balaban J connectivity index is 2.74. The fourth-order valence-corrected chi connectivity index (χ4v) is 2.90. The molecule has 0 unspecified atom stereocenters. The maximum atomic E-state index is 12.3. The van der Waals surface area contributed by atoms with Gasteiger partial charge in [0.2, 0.25) is 0 Å². The Bertz CT molecular complexity index is 571. The van der Waals surface area contributed by atoms with Gasteiger partial charge in [-0.15, -0.1) is 0 Å². The van der Waals surface area contributed by atoms with Gasteiger partial charge in [0, 0.05) is 22.6 Å². The monoisotopic (exact) mass is 278 g/mol. The van der Waals surface area contributed by atoms with Crippen LogP contribution in [0.15, 0.2) is 11.6 Å². The molecule has 0 bridgehead atoms. The lowest BCUT2D eigenvalue weighted by molar-refractivity contribution is -0.114. The second-order valence-corrected chi connectivity index (χ2v) is 5.52. The van der Waals surface area contributed by atoms with Gasteiger partial charge in [-0.25, -0.2) is 0 Å². The Labute approximate surface area is 119 Å². The first-order valence-corrected chi connectivity index (χ1v) is 6.92. The summed E-state index contributed by atoms with van der Waals surface area (Å²) in [6.07, 6.45) is 2.52. The minimum absolute atomic E-state index is 0.199. The Hall–Kier alpha value is -1.28. The number of carbonyl (C=O) groups is 1. The molecule has 2 rings (SSSR count). The molecule has 2 nitrogen and oxygen atoms in total. The molecular weight excluding hydrogens is 260 g/mol. The second kappa shape index (κ2) is 5.38. The third-order valence-electron chi connectivity index (χ3n) is 3.78. The molecule has 102 valence electrons. The summed E-state index contributed by atoms with van der Waals surface area (Å²) in [5.41, 5.74) is 4.73. The molecule has 0 spiro atoms. The summed E-state index contributed by atoms with van der Waals surface area (Å²) in [5, 5.41) is 0.717. The Kier molecular flexibility index (Phi) is 4.00. The van der Waals surface area contributed by atoms with Gasteiger partial charge in [-0.3, -0.25) is 4.79 Å². The fraction of sp³-hybridized carbons (Fsp3) is 0.438. The first-order chi connectivity index (χ1) is 8.97. The molecule has 0 N–H and O–H groups in total. The summed E-state index contributed by atoms with van der Waals surface area (Å²) in [7, 11) is 1.63. The molecule has 0 saturated carbocycles. The lowest BCUT2D eigenvalue weighted by Crippen LogP contribution is -2.12. The molecule has 1 aromatic carbocycles. The normalized spacial score (nSPS) is 15.9. The maximum Gasteiger partial charge on any atom is 0.163 e. The minimum Gasteiger partial charge on any atom is -0.496 e. The molecule has 0 aliphatic heterocycles. The predicted octanol–water partition coefficient (Wildman–Crippen LogP) is 4.49. The molecule has 0 radical (unpaired) electrons. The molecule has 0 atom stereocenters. The predicted molar refractivity (Wildman–Crippen MR) is 78.9 cm³/mol. The molecule has 0 amide bonds. The number of ketones is 1. The van der Waals surface area contributed by atoms with Gasteiger partial charge in [-0.1, -0.05) is 17.2 Å². The number of hydrogen-bond donors (Lipinski definition) is 0. The zero-order chi connectivity index (χ0) is 14.2. The average Bonchev–Trinajstić information content (AvgIpc) is 2.38. The smallest absolute Gasteiger partial charge is 0.163 e. The highest BCUT2D eigenvalue weighted by atomic mass is 35.5.